The van der Waals surface area contributed by atoms with Crippen LogP contribution in [0.1, 0.15) is 33.8 Å². The minimum absolute atomic E-state index is 0.105. The fourth-order valence-corrected chi connectivity index (χ4v) is 4.55. The first kappa shape index (κ1) is 21.4. The van der Waals surface area contributed by atoms with Crippen LogP contribution in [0.25, 0.3) is 11.1 Å². The zero-order valence-corrected chi connectivity index (χ0v) is 19.2. The highest BCUT2D eigenvalue weighted by Gasteiger charge is 2.37. The molecule has 2 atom stereocenters. The van der Waals surface area contributed by atoms with Crippen LogP contribution in [0.4, 0.5) is 5.69 Å². The first-order valence-corrected chi connectivity index (χ1v) is 11.9. The van der Waals surface area contributed by atoms with Crippen molar-refractivity contribution in [3.05, 3.63) is 114 Å². The van der Waals surface area contributed by atoms with Gasteiger partial charge < -0.3 is 20.1 Å². The van der Waals surface area contributed by atoms with E-state index in [0.29, 0.717) is 24.3 Å². The molecule has 1 aliphatic carbocycles. The lowest BCUT2D eigenvalue weighted by Gasteiger charge is -2.08. The van der Waals surface area contributed by atoms with Crippen molar-refractivity contribution in [2.75, 3.05) is 12.1 Å². The second-order valence-corrected chi connectivity index (χ2v) is 9.04. The molecule has 1 heterocycles. The van der Waals surface area contributed by atoms with Gasteiger partial charge in [0.25, 0.3) is 5.91 Å². The summed E-state index contributed by atoms with van der Waals surface area (Å²) in [5.74, 6) is 2.03. The number of fused-ring (bicyclic) bond motifs is 1. The Labute approximate surface area is 204 Å². The Morgan fingerprint density at radius 3 is 2.34 bits per heavy atom. The zero-order chi connectivity index (χ0) is 23.6. The van der Waals surface area contributed by atoms with Crippen LogP contribution < -0.4 is 20.1 Å². The monoisotopic (exact) mass is 462 g/mol. The molecule has 0 spiro atoms. The van der Waals surface area contributed by atoms with Crippen molar-refractivity contribution in [1.82, 2.24) is 5.32 Å². The van der Waals surface area contributed by atoms with E-state index < -0.39 is 0 Å². The van der Waals surface area contributed by atoms with Gasteiger partial charge >= 0.3 is 0 Å². The lowest BCUT2D eigenvalue weighted by Crippen LogP contribution is -2.17. The van der Waals surface area contributed by atoms with Gasteiger partial charge in [-0.15, -0.1) is 0 Å². The van der Waals surface area contributed by atoms with Crippen LogP contribution in [-0.2, 0) is 6.54 Å². The summed E-state index contributed by atoms with van der Waals surface area (Å²) in [5, 5.41) is 6.64. The molecule has 35 heavy (non-hydrogen) atoms. The number of carbonyl (C=O) groups is 1. The highest BCUT2D eigenvalue weighted by Crippen LogP contribution is 2.41. The van der Waals surface area contributed by atoms with Crippen molar-refractivity contribution in [2.24, 2.45) is 0 Å². The number of hydrogen-bond donors (Lipinski definition) is 2. The van der Waals surface area contributed by atoms with E-state index in [2.05, 4.69) is 41.0 Å². The number of rotatable bonds is 7. The number of amides is 1. The Balaban J connectivity index is 1.02. The molecule has 1 amide bonds. The van der Waals surface area contributed by atoms with E-state index in [1.807, 2.05) is 66.7 Å². The summed E-state index contributed by atoms with van der Waals surface area (Å²) < 4.78 is 10.8. The summed E-state index contributed by atoms with van der Waals surface area (Å²) in [4.78, 5) is 12.7. The molecule has 2 N–H and O–H groups in total. The Morgan fingerprint density at radius 1 is 0.800 bits per heavy atom. The molecule has 5 heteroatoms. The second kappa shape index (κ2) is 9.28. The predicted molar refractivity (Wildman–Crippen MR) is 137 cm³/mol. The number of nitrogens with one attached hydrogen (secondary N) is 2. The third-order valence-corrected chi connectivity index (χ3v) is 6.65. The summed E-state index contributed by atoms with van der Waals surface area (Å²) in [6, 6.07) is 32.6. The number of benzene rings is 4. The normalized spacial score (nSPS) is 17.7. The van der Waals surface area contributed by atoms with E-state index in [4.69, 9.17) is 9.47 Å². The van der Waals surface area contributed by atoms with Crippen LogP contribution in [0, 0.1) is 0 Å². The van der Waals surface area contributed by atoms with Gasteiger partial charge in [-0.2, -0.15) is 0 Å². The predicted octanol–water partition coefficient (Wildman–Crippen LogP) is 5.98. The maximum absolute atomic E-state index is 12.7. The molecule has 4 aromatic carbocycles. The molecule has 174 valence electrons. The molecule has 2 aliphatic rings. The smallest absolute Gasteiger partial charge is 0.255 e. The van der Waals surface area contributed by atoms with Gasteiger partial charge in [0.2, 0.25) is 6.79 Å². The minimum Gasteiger partial charge on any atom is -0.454 e. The van der Waals surface area contributed by atoms with Crippen molar-refractivity contribution >= 4 is 11.6 Å². The number of ether oxygens (including phenoxy) is 2. The standard InChI is InChI=1S/C30H26N2O3/c33-30(24-9-7-22(8-10-24)21-4-2-1-3-5-21)32-25-13-11-23(12-14-25)26-17-27(26)31-18-20-6-15-28-29(16-20)35-19-34-28/h1-16,26-27,31H,17-19H2,(H,32,33). The first-order chi connectivity index (χ1) is 17.2. The van der Waals surface area contributed by atoms with Gasteiger partial charge in [0.05, 0.1) is 0 Å². The average molecular weight is 463 g/mol. The van der Waals surface area contributed by atoms with Crippen molar-refractivity contribution in [2.45, 2.75) is 24.9 Å². The van der Waals surface area contributed by atoms with E-state index in [9.17, 15) is 4.79 Å². The highest BCUT2D eigenvalue weighted by molar-refractivity contribution is 6.04. The van der Waals surface area contributed by atoms with Crippen LogP contribution in [-0.4, -0.2) is 18.7 Å². The van der Waals surface area contributed by atoms with E-state index in [-0.39, 0.29) is 5.91 Å². The topological polar surface area (TPSA) is 59.6 Å². The quantitative estimate of drug-likeness (QED) is 0.355. The minimum atomic E-state index is -0.105. The van der Waals surface area contributed by atoms with Gasteiger partial charge in [-0.25, -0.2) is 0 Å². The second-order valence-electron chi connectivity index (χ2n) is 9.04. The van der Waals surface area contributed by atoms with Crippen LogP contribution >= 0.6 is 0 Å². The molecule has 1 fully saturated rings. The van der Waals surface area contributed by atoms with E-state index in [1.165, 1.54) is 11.1 Å². The molecule has 1 aliphatic heterocycles. The summed E-state index contributed by atoms with van der Waals surface area (Å²) in [6.07, 6.45) is 1.12. The summed E-state index contributed by atoms with van der Waals surface area (Å²) >= 11 is 0. The van der Waals surface area contributed by atoms with Gasteiger partial charge in [0.15, 0.2) is 11.5 Å². The van der Waals surface area contributed by atoms with Crippen LogP contribution in [0.5, 0.6) is 11.5 Å². The SMILES string of the molecule is O=C(Nc1ccc(C2CC2NCc2ccc3c(c2)OCO3)cc1)c1ccc(-c2ccccc2)cc1. The van der Waals surface area contributed by atoms with Gasteiger partial charge in [-0.3, -0.25) is 4.79 Å². The van der Waals surface area contributed by atoms with Crippen LogP contribution in [0.2, 0.25) is 0 Å². The van der Waals surface area contributed by atoms with Crippen molar-refractivity contribution in [3.8, 4) is 22.6 Å². The first-order valence-electron chi connectivity index (χ1n) is 11.9. The Bertz CT molecular complexity index is 1330. The number of carbonyl (C=O) groups excluding carboxylic acids is 1. The molecule has 0 bridgehead atoms. The van der Waals surface area contributed by atoms with Crippen molar-refractivity contribution in [1.29, 1.82) is 0 Å². The van der Waals surface area contributed by atoms with Gasteiger partial charge in [-0.05, 0) is 65.1 Å². The fourth-order valence-electron chi connectivity index (χ4n) is 4.55. The van der Waals surface area contributed by atoms with Gasteiger partial charge in [-0.1, -0.05) is 60.7 Å². The zero-order valence-electron chi connectivity index (χ0n) is 19.2. The Kier molecular flexibility index (Phi) is 5.68. The molecular formula is C30H26N2O3. The van der Waals surface area contributed by atoms with Gasteiger partial charge in [0.1, 0.15) is 0 Å². The van der Waals surface area contributed by atoms with Gasteiger partial charge in [0, 0.05) is 29.8 Å². The third kappa shape index (κ3) is 4.77. The molecule has 0 aromatic heterocycles. The van der Waals surface area contributed by atoms with E-state index in [0.717, 1.165) is 41.3 Å². The molecule has 1 saturated carbocycles. The van der Waals surface area contributed by atoms with Crippen LogP contribution in [0.15, 0.2) is 97.1 Å². The Hall–Kier alpha value is -4.09. The summed E-state index contributed by atoms with van der Waals surface area (Å²) in [6.45, 7) is 1.10. The average Bonchev–Trinajstić information content (AvgIpc) is 3.54. The van der Waals surface area contributed by atoms with Crippen LogP contribution in [0.3, 0.4) is 0 Å². The molecule has 2 unspecified atom stereocenters. The maximum atomic E-state index is 12.7. The highest BCUT2D eigenvalue weighted by atomic mass is 16.7. The number of hydrogen-bond acceptors (Lipinski definition) is 4. The molecule has 0 radical (unpaired) electrons. The van der Waals surface area contributed by atoms with Crippen molar-refractivity contribution in [3.63, 3.8) is 0 Å². The molecular weight excluding hydrogens is 436 g/mol. The van der Waals surface area contributed by atoms with E-state index >= 15 is 0 Å². The number of anilines is 1. The molecule has 4 aromatic rings. The molecule has 5 nitrogen and oxygen atoms in total. The van der Waals surface area contributed by atoms with Crippen molar-refractivity contribution < 1.29 is 14.3 Å². The maximum Gasteiger partial charge on any atom is 0.255 e. The summed E-state index contributed by atoms with van der Waals surface area (Å²) in [7, 11) is 0. The molecule has 0 saturated heterocycles. The fraction of sp³-hybridized carbons (Fsp3) is 0.167. The van der Waals surface area contributed by atoms with E-state index in [1.54, 1.807) is 0 Å². The molecule has 6 rings (SSSR count). The lowest BCUT2D eigenvalue weighted by molar-refractivity contribution is 0.102. The third-order valence-electron chi connectivity index (χ3n) is 6.65. The largest absolute Gasteiger partial charge is 0.454 e. The lowest BCUT2D eigenvalue weighted by atomic mass is 10.0. The summed E-state index contributed by atoms with van der Waals surface area (Å²) in [5.41, 5.74) is 6.16. The Morgan fingerprint density at radius 2 is 1.54 bits per heavy atom.